The summed E-state index contributed by atoms with van der Waals surface area (Å²) in [6.07, 6.45) is 3.81. The van der Waals surface area contributed by atoms with Crippen LogP contribution < -0.4 is 5.32 Å². The fourth-order valence-corrected chi connectivity index (χ4v) is 6.57. The predicted octanol–water partition coefficient (Wildman–Crippen LogP) is 1.49. The first-order chi connectivity index (χ1) is 12.5. The Morgan fingerprint density at radius 3 is 2.62 bits per heavy atom. The molecule has 142 valence electrons. The van der Waals surface area contributed by atoms with Crippen LogP contribution in [0.2, 0.25) is 0 Å². The lowest BCUT2D eigenvalue weighted by atomic mass is 9.87. The molecule has 3 fully saturated rings. The van der Waals surface area contributed by atoms with E-state index in [0.29, 0.717) is 18.9 Å². The molecule has 26 heavy (non-hydrogen) atoms. The smallest absolute Gasteiger partial charge is 0.223 e. The van der Waals surface area contributed by atoms with E-state index in [0.717, 1.165) is 26.1 Å². The molecule has 1 aliphatic carbocycles. The SMILES string of the molecule is O=C(NCC1CC1)[C@@H]1CCS(=O)(=O)[C@H]2CN(CCc3ccccc3)C[C@@H]12. The van der Waals surface area contributed by atoms with Gasteiger partial charge in [0, 0.05) is 38.0 Å². The molecule has 3 aliphatic rings. The second-order valence-electron chi connectivity index (χ2n) is 8.15. The van der Waals surface area contributed by atoms with Gasteiger partial charge in [0.1, 0.15) is 0 Å². The van der Waals surface area contributed by atoms with Crippen molar-refractivity contribution in [3.05, 3.63) is 35.9 Å². The molecule has 2 aliphatic heterocycles. The number of carbonyl (C=O) groups is 1. The van der Waals surface area contributed by atoms with Crippen molar-refractivity contribution < 1.29 is 13.2 Å². The number of carbonyl (C=O) groups excluding carboxylic acids is 1. The van der Waals surface area contributed by atoms with Gasteiger partial charge >= 0.3 is 0 Å². The Kier molecular flexibility index (Phi) is 5.06. The second kappa shape index (κ2) is 7.31. The van der Waals surface area contributed by atoms with Gasteiger partial charge in [0.15, 0.2) is 9.84 Å². The van der Waals surface area contributed by atoms with E-state index in [1.165, 1.54) is 18.4 Å². The normalized spacial score (nSPS) is 30.7. The summed E-state index contributed by atoms with van der Waals surface area (Å²) >= 11 is 0. The first-order valence-electron chi connectivity index (χ1n) is 9.78. The van der Waals surface area contributed by atoms with E-state index in [1.54, 1.807) is 0 Å². The van der Waals surface area contributed by atoms with Crippen LogP contribution >= 0.6 is 0 Å². The number of likely N-dealkylation sites (tertiary alicyclic amines) is 1. The Hall–Kier alpha value is -1.40. The number of nitrogens with one attached hydrogen (secondary N) is 1. The zero-order chi connectivity index (χ0) is 18.1. The maximum absolute atomic E-state index is 12.6. The van der Waals surface area contributed by atoms with Crippen LogP contribution in [-0.2, 0) is 21.1 Å². The molecule has 0 bridgehead atoms. The molecule has 3 atom stereocenters. The molecule has 0 radical (unpaired) electrons. The molecule has 0 aromatic heterocycles. The first kappa shape index (κ1) is 18.0. The molecule has 6 heteroatoms. The summed E-state index contributed by atoms with van der Waals surface area (Å²) in [5, 5.41) is 2.70. The van der Waals surface area contributed by atoms with Gasteiger partial charge in [-0.05, 0) is 37.2 Å². The Balaban J connectivity index is 1.40. The predicted molar refractivity (Wildman–Crippen MR) is 101 cm³/mol. The Labute approximate surface area is 156 Å². The van der Waals surface area contributed by atoms with Crippen molar-refractivity contribution in [1.82, 2.24) is 10.2 Å². The molecular formula is C20H28N2O3S. The zero-order valence-electron chi connectivity index (χ0n) is 15.1. The molecule has 1 amide bonds. The van der Waals surface area contributed by atoms with Crippen LogP contribution in [0.1, 0.15) is 24.8 Å². The lowest BCUT2D eigenvalue weighted by Gasteiger charge is -2.31. The highest BCUT2D eigenvalue weighted by molar-refractivity contribution is 7.92. The number of hydrogen-bond acceptors (Lipinski definition) is 4. The zero-order valence-corrected chi connectivity index (χ0v) is 16.0. The molecule has 1 aromatic rings. The standard InChI is InChI=1S/C20H28N2O3S/c23-20(21-12-16-6-7-16)17-9-11-26(24,25)19-14-22(13-18(17)19)10-8-15-4-2-1-3-5-15/h1-5,16-19H,6-14H2,(H,21,23)/t17-,18+,19+/m1/s1. The Morgan fingerprint density at radius 2 is 1.88 bits per heavy atom. The van der Waals surface area contributed by atoms with Crippen molar-refractivity contribution in [3.63, 3.8) is 0 Å². The van der Waals surface area contributed by atoms with Crippen molar-refractivity contribution in [2.75, 3.05) is 31.9 Å². The molecule has 2 saturated heterocycles. The Morgan fingerprint density at radius 1 is 1.12 bits per heavy atom. The molecule has 5 nitrogen and oxygen atoms in total. The third kappa shape index (κ3) is 3.96. The average Bonchev–Trinajstić information content (AvgIpc) is 3.36. The second-order valence-corrected chi connectivity index (χ2v) is 10.5. The van der Waals surface area contributed by atoms with Crippen LogP contribution in [-0.4, -0.2) is 56.4 Å². The van der Waals surface area contributed by atoms with Crippen LogP contribution in [0.5, 0.6) is 0 Å². The third-order valence-corrected chi connectivity index (χ3v) is 8.46. The summed E-state index contributed by atoms with van der Waals surface area (Å²) in [5.41, 5.74) is 1.27. The topological polar surface area (TPSA) is 66.5 Å². The molecular weight excluding hydrogens is 348 g/mol. The largest absolute Gasteiger partial charge is 0.356 e. The lowest BCUT2D eigenvalue weighted by Crippen LogP contribution is -2.47. The minimum Gasteiger partial charge on any atom is -0.356 e. The van der Waals surface area contributed by atoms with Crippen LogP contribution in [0.15, 0.2) is 30.3 Å². The van der Waals surface area contributed by atoms with E-state index in [4.69, 9.17) is 0 Å². The average molecular weight is 377 g/mol. The highest BCUT2D eigenvalue weighted by Gasteiger charge is 2.50. The summed E-state index contributed by atoms with van der Waals surface area (Å²) in [6, 6.07) is 10.3. The van der Waals surface area contributed by atoms with Crippen LogP contribution in [0.25, 0.3) is 0 Å². The summed E-state index contributed by atoms with van der Waals surface area (Å²) < 4.78 is 25.1. The quantitative estimate of drug-likeness (QED) is 0.817. The summed E-state index contributed by atoms with van der Waals surface area (Å²) in [5.74, 6) is 0.676. The maximum atomic E-state index is 12.6. The third-order valence-electron chi connectivity index (χ3n) is 6.23. The molecule has 1 N–H and O–H groups in total. The number of amides is 1. The summed E-state index contributed by atoms with van der Waals surface area (Å²) in [4.78, 5) is 14.9. The molecule has 0 unspecified atom stereocenters. The number of rotatable bonds is 6. The minimum atomic E-state index is -3.08. The van der Waals surface area contributed by atoms with E-state index >= 15 is 0 Å². The molecule has 4 rings (SSSR count). The van der Waals surface area contributed by atoms with E-state index in [-0.39, 0.29) is 28.7 Å². The summed E-state index contributed by atoms with van der Waals surface area (Å²) in [7, 11) is -3.08. The van der Waals surface area contributed by atoms with Gasteiger partial charge in [-0.1, -0.05) is 30.3 Å². The highest BCUT2D eigenvalue weighted by atomic mass is 32.2. The number of benzene rings is 1. The first-order valence-corrected chi connectivity index (χ1v) is 11.5. The number of nitrogens with zero attached hydrogens (tertiary/aromatic N) is 1. The van der Waals surface area contributed by atoms with E-state index in [2.05, 4.69) is 22.3 Å². The molecule has 1 saturated carbocycles. The van der Waals surface area contributed by atoms with Crippen LogP contribution in [0, 0.1) is 17.8 Å². The van der Waals surface area contributed by atoms with Gasteiger partial charge in [0.05, 0.1) is 11.0 Å². The lowest BCUT2D eigenvalue weighted by molar-refractivity contribution is -0.126. The molecule has 0 spiro atoms. The fraction of sp³-hybridized carbons (Fsp3) is 0.650. The summed E-state index contributed by atoms with van der Waals surface area (Å²) in [6.45, 7) is 2.91. The van der Waals surface area contributed by atoms with Gasteiger partial charge in [-0.25, -0.2) is 8.42 Å². The van der Waals surface area contributed by atoms with Gasteiger partial charge in [0.2, 0.25) is 5.91 Å². The molecule has 2 heterocycles. The van der Waals surface area contributed by atoms with Crippen molar-refractivity contribution >= 4 is 15.7 Å². The van der Waals surface area contributed by atoms with Crippen LogP contribution in [0.4, 0.5) is 0 Å². The monoisotopic (exact) mass is 376 g/mol. The Bertz CT molecular complexity index is 746. The minimum absolute atomic E-state index is 0.0521. The van der Waals surface area contributed by atoms with Gasteiger partial charge in [-0.3, -0.25) is 4.79 Å². The van der Waals surface area contributed by atoms with E-state index in [9.17, 15) is 13.2 Å². The van der Waals surface area contributed by atoms with Gasteiger partial charge in [-0.2, -0.15) is 0 Å². The van der Waals surface area contributed by atoms with Crippen molar-refractivity contribution in [3.8, 4) is 0 Å². The number of fused-ring (bicyclic) bond motifs is 1. The molecule has 1 aromatic carbocycles. The maximum Gasteiger partial charge on any atom is 0.223 e. The number of hydrogen-bond donors (Lipinski definition) is 1. The van der Waals surface area contributed by atoms with Gasteiger partial charge < -0.3 is 10.2 Å². The fourth-order valence-electron chi connectivity index (χ4n) is 4.44. The highest BCUT2D eigenvalue weighted by Crippen LogP contribution is 2.37. The number of sulfone groups is 1. The van der Waals surface area contributed by atoms with E-state index < -0.39 is 9.84 Å². The van der Waals surface area contributed by atoms with Gasteiger partial charge in [0.25, 0.3) is 0 Å². The van der Waals surface area contributed by atoms with Crippen molar-refractivity contribution in [2.45, 2.75) is 30.9 Å². The van der Waals surface area contributed by atoms with E-state index in [1.807, 2.05) is 18.2 Å². The van der Waals surface area contributed by atoms with Crippen LogP contribution in [0.3, 0.4) is 0 Å². The van der Waals surface area contributed by atoms with Crippen molar-refractivity contribution in [1.29, 1.82) is 0 Å². The van der Waals surface area contributed by atoms with Gasteiger partial charge in [-0.15, -0.1) is 0 Å². The van der Waals surface area contributed by atoms with Crippen molar-refractivity contribution in [2.24, 2.45) is 17.8 Å².